The highest BCUT2D eigenvalue weighted by atomic mass is 79.9. The maximum Gasteiger partial charge on any atom is 0.200 e. The van der Waals surface area contributed by atoms with Crippen LogP contribution in [0.15, 0.2) is 30.3 Å². The van der Waals surface area contributed by atoms with E-state index in [0.29, 0.717) is 5.56 Å². The molecule has 2 aromatic carbocycles. The van der Waals surface area contributed by atoms with Gasteiger partial charge in [0.1, 0.15) is 0 Å². The fourth-order valence-electron chi connectivity index (χ4n) is 1.82. The lowest BCUT2D eigenvalue weighted by molar-refractivity contribution is 0.369. The van der Waals surface area contributed by atoms with E-state index < -0.39 is 39.5 Å². The summed E-state index contributed by atoms with van der Waals surface area (Å²) in [6.45, 7) is 0. The van der Waals surface area contributed by atoms with Gasteiger partial charge in [0.25, 0.3) is 0 Å². The van der Waals surface area contributed by atoms with E-state index in [1.165, 1.54) is 0 Å². The monoisotopic (exact) mass is 350 g/mol. The first-order valence-corrected chi connectivity index (χ1v) is 6.54. The van der Waals surface area contributed by atoms with Crippen LogP contribution in [0.2, 0.25) is 0 Å². The summed E-state index contributed by atoms with van der Waals surface area (Å²) < 4.78 is 66.4. The molecule has 0 spiro atoms. The van der Waals surface area contributed by atoms with Gasteiger partial charge in [-0.25, -0.2) is 22.0 Å². The fourth-order valence-corrected chi connectivity index (χ4v) is 2.60. The SMILES string of the molecule is Fc1c(F)c(F)c(C(Br)Cc2ccccc2)c(F)c1F. The van der Waals surface area contributed by atoms with E-state index in [4.69, 9.17) is 0 Å². The van der Waals surface area contributed by atoms with Crippen LogP contribution in [0.1, 0.15) is 16.0 Å². The number of benzene rings is 2. The lowest BCUT2D eigenvalue weighted by Crippen LogP contribution is -2.10. The summed E-state index contributed by atoms with van der Waals surface area (Å²) in [5.41, 5.74) is -0.149. The Hall–Kier alpha value is -1.43. The molecule has 0 fully saturated rings. The summed E-state index contributed by atoms with van der Waals surface area (Å²) in [6, 6.07) is 8.58. The lowest BCUT2D eigenvalue weighted by atomic mass is 10.0. The molecule has 0 amide bonds. The van der Waals surface area contributed by atoms with Crippen LogP contribution in [-0.4, -0.2) is 0 Å². The third-order valence-corrected chi connectivity index (χ3v) is 3.60. The van der Waals surface area contributed by atoms with Gasteiger partial charge in [-0.3, -0.25) is 0 Å². The van der Waals surface area contributed by atoms with Gasteiger partial charge in [0.15, 0.2) is 23.3 Å². The van der Waals surface area contributed by atoms with Gasteiger partial charge in [0, 0.05) is 10.4 Å². The summed E-state index contributed by atoms with van der Waals surface area (Å²) in [5.74, 6) is -9.63. The lowest BCUT2D eigenvalue weighted by Gasteiger charge is -2.14. The Morgan fingerprint density at radius 3 is 1.70 bits per heavy atom. The maximum atomic E-state index is 13.6. The Labute approximate surface area is 120 Å². The molecule has 106 valence electrons. The molecular formula is C14H8BrF5. The molecule has 0 heterocycles. The second-order valence-electron chi connectivity index (χ2n) is 4.14. The molecule has 0 N–H and O–H groups in total. The fraction of sp³-hybridized carbons (Fsp3) is 0.143. The molecule has 1 unspecified atom stereocenters. The number of hydrogen-bond donors (Lipinski definition) is 0. The molecule has 0 radical (unpaired) electrons. The van der Waals surface area contributed by atoms with Gasteiger partial charge >= 0.3 is 0 Å². The molecule has 0 aromatic heterocycles. The molecule has 0 saturated heterocycles. The molecule has 0 aliphatic carbocycles. The second kappa shape index (κ2) is 5.91. The van der Waals surface area contributed by atoms with Crippen molar-refractivity contribution in [3.8, 4) is 0 Å². The smallest absolute Gasteiger partial charge is 0.200 e. The molecule has 0 nitrogen and oxygen atoms in total. The van der Waals surface area contributed by atoms with E-state index >= 15 is 0 Å². The number of halogens is 6. The van der Waals surface area contributed by atoms with E-state index in [1.807, 2.05) is 0 Å². The Balaban J connectivity index is 2.42. The number of alkyl halides is 1. The van der Waals surface area contributed by atoms with Crippen molar-refractivity contribution in [1.29, 1.82) is 0 Å². The van der Waals surface area contributed by atoms with Gasteiger partial charge in [-0.1, -0.05) is 46.3 Å². The van der Waals surface area contributed by atoms with Crippen LogP contribution < -0.4 is 0 Å². The normalized spacial score (nSPS) is 12.5. The van der Waals surface area contributed by atoms with Crippen LogP contribution in [0.5, 0.6) is 0 Å². The maximum absolute atomic E-state index is 13.6. The van der Waals surface area contributed by atoms with Crippen molar-refractivity contribution in [3.63, 3.8) is 0 Å². The first-order chi connectivity index (χ1) is 9.43. The van der Waals surface area contributed by atoms with Crippen molar-refractivity contribution >= 4 is 15.9 Å². The highest BCUT2D eigenvalue weighted by molar-refractivity contribution is 9.09. The highest BCUT2D eigenvalue weighted by Gasteiger charge is 2.29. The molecule has 0 bridgehead atoms. The molecule has 2 aromatic rings. The van der Waals surface area contributed by atoms with Crippen molar-refractivity contribution in [1.82, 2.24) is 0 Å². The summed E-state index contributed by atoms with van der Waals surface area (Å²) >= 11 is 2.98. The molecule has 0 aliphatic rings. The minimum Gasteiger partial charge on any atom is -0.203 e. The third-order valence-electron chi connectivity index (χ3n) is 2.81. The van der Waals surface area contributed by atoms with Gasteiger partial charge in [0.05, 0.1) is 0 Å². The van der Waals surface area contributed by atoms with E-state index in [2.05, 4.69) is 15.9 Å². The average molecular weight is 351 g/mol. The Bertz CT molecular complexity index is 598. The molecular weight excluding hydrogens is 343 g/mol. The Morgan fingerprint density at radius 1 is 0.750 bits per heavy atom. The zero-order valence-corrected chi connectivity index (χ0v) is 11.5. The van der Waals surface area contributed by atoms with E-state index in [-0.39, 0.29) is 6.42 Å². The number of rotatable bonds is 3. The minimum atomic E-state index is -2.15. The van der Waals surface area contributed by atoms with Crippen molar-refractivity contribution in [2.45, 2.75) is 11.2 Å². The second-order valence-corrected chi connectivity index (χ2v) is 5.25. The summed E-state index contributed by atoms with van der Waals surface area (Å²) in [4.78, 5) is -1.02. The van der Waals surface area contributed by atoms with Crippen LogP contribution in [0.25, 0.3) is 0 Å². The predicted octanol–water partition coefficient (Wildman–Crippen LogP) is 5.06. The first kappa shape index (κ1) is 15.0. The van der Waals surface area contributed by atoms with Crippen LogP contribution in [-0.2, 0) is 6.42 Å². The van der Waals surface area contributed by atoms with Crippen LogP contribution in [0.4, 0.5) is 22.0 Å². The van der Waals surface area contributed by atoms with Crippen LogP contribution in [0.3, 0.4) is 0 Å². The van der Waals surface area contributed by atoms with E-state index in [1.54, 1.807) is 30.3 Å². The van der Waals surface area contributed by atoms with E-state index in [0.717, 1.165) is 0 Å². The van der Waals surface area contributed by atoms with Crippen molar-refractivity contribution < 1.29 is 22.0 Å². The topological polar surface area (TPSA) is 0 Å². The summed E-state index contributed by atoms with van der Waals surface area (Å²) in [7, 11) is 0. The van der Waals surface area contributed by atoms with Crippen LogP contribution in [0, 0.1) is 29.1 Å². The van der Waals surface area contributed by atoms with Gasteiger partial charge in [-0.2, -0.15) is 0 Å². The molecule has 0 aliphatic heterocycles. The zero-order chi connectivity index (χ0) is 14.9. The van der Waals surface area contributed by atoms with Gasteiger partial charge in [-0.15, -0.1) is 0 Å². The van der Waals surface area contributed by atoms with Gasteiger partial charge in [0.2, 0.25) is 5.82 Å². The quantitative estimate of drug-likeness (QED) is 0.314. The molecule has 0 saturated carbocycles. The summed E-state index contributed by atoms with van der Waals surface area (Å²) in [6.07, 6.45) is 0.0964. The highest BCUT2D eigenvalue weighted by Crippen LogP contribution is 2.34. The molecule has 2 rings (SSSR count). The van der Waals surface area contributed by atoms with Crippen molar-refractivity contribution in [2.24, 2.45) is 0 Å². The largest absolute Gasteiger partial charge is 0.203 e. The van der Waals surface area contributed by atoms with Crippen molar-refractivity contribution in [3.05, 3.63) is 70.5 Å². The standard InChI is InChI=1S/C14H8BrF5/c15-8(6-7-4-2-1-3-5-7)9-10(16)12(18)14(20)13(19)11(9)17/h1-5,8H,6H2. The summed E-state index contributed by atoms with van der Waals surface area (Å²) in [5, 5.41) is 0. The molecule has 20 heavy (non-hydrogen) atoms. The van der Waals surface area contributed by atoms with E-state index in [9.17, 15) is 22.0 Å². The third kappa shape index (κ3) is 2.70. The Kier molecular flexibility index (Phi) is 4.42. The van der Waals surface area contributed by atoms with Gasteiger partial charge < -0.3 is 0 Å². The molecule has 1 atom stereocenters. The number of hydrogen-bond acceptors (Lipinski definition) is 0. The predicted molar refractivity (Wildman–Crippen MR) is 68.0 cm³/mol. The van der Waals surface area contributed by atoms with Crippen LogP contribution >= 0.6 is 15.9 Å². The molecule has 6 heteroatoms. The Morgan fingerprint density at radius 2 is 1.20 bits per heavy atom. The first-order valence-electron chi connectivity index (χ1n) is 5.62. The van der Waals surface area contributed by atoms with Gasteiger partial charge in [-0.05, 0) is 12.0 Å². The average Bonchev–Trinajstić information content (AvgIpc) is 2.44. The minimum absolute atomic E-state index is 0.0964. The zero-order valence-electron chi connectivity index (χ0n) is 9.94. The van der Waals surface area contributed by atoms with Crippen molar-refractivity contribution in [2.75, 3.05) is 0 Å².